The molecule has 0 aliphatic carbocycles. The number of aryl methyl sites for hydroxylation is 2. The number of carbonyl (C=O) groups is 2. The van der Waals surface area contributed by atoms with Gasteiger partial charge in [0.1, 0.15) is 0 Å². The fraction of sp³-hybridized carbons (Fsp3) is 0.517. The van der Waals surface area contributed by atoms with Crippen molar-refractivity contribution in [2.75, 3.05) is 42.6 Å². The summed E-state index contributed by atoms with van der Waals surface area (Å²) in [6.07, 6.45) is -2.23. The molecule has 0 aromatic heterocycles. The molecular weight excluding hydrogens is 854 g/mol. The Balaban J connectivity index is 0.000000847. The number of alkyl halides is 3. The van der Waals surface area contributed by atoms with Gasteiger partial charge >= 0.3 is 18.2 Å². The fourth-order valence-corrected chi connectivity index (χ4v) is 5.88. The Morgan fingerprint density at radius 2 is 1.22 bits per heavy atom. The summed E-state index contributed by atoms with van der Waals surface area (Å²) >= 11 is 0. The molecule has 0 bridgehead atoms. The van der Waals surface area contributed by atoms with Crippen molar-refractivity contribution >= 4 is 43.3 Å². The van der Waals surface area contributed by atoms with Gasteiger partial charge in [-0.2, -0.15) is 23.0 Å². The molecule has 16 heteroatoms. The predicted octanol–water partition coefficient (Wildman–Crippen LogP) is 5.04. The standard InChI is InChI=1S/C15H20F3N3O3S.C13H19N3O.CH4.H3P.U/c1-11-2-4-12(5-3-11)19-14(22)20-13-6-8-21(9-7-13)25(23,24)10-15(16,17)18;1-10-2-4-11(5-3-10)15-13(17)16-12-6-8-14-9-7-12;;;/h2-5,13H,6-10H2,1H3,(H2,19,20,22);2-5,12,14H,6-9H2,1H3,(H2,15,16,17);1H4;1H3;/i;;;1T;. The molecule has 10 nitrogen and oxygen atoms in total. The smallest absolute Gasteiger partial charge is 0.335 e. The molecule has 1 atom stereocenters. The third-order valence-electron chi connectivity index (χ3n) is 6.82. The number of benzene rings is 2. The minimum absolute atomic E-state index is 0. The number of hydrogen-bond donors (Lipinski definition) is 5. The number of nitrogens with one attached hydrogen (secondary N) is 5. The molecule has 45 heavy (non-hydrogen) atoms. The topological polar surface area (TPSA) is 132 Å². The zero-order chi connectivity index (χ0) is 32.8. The Morgan fingerprint density at radius 3 is 1.60 bits per heavy atom. The molecule has 1 unspecified atom stereocenters. The summed E-state index contributed by atoms with van der Waals surface area (Å²) < 4.78 is 66.9. The maximum atomic E-state index is 12.3. The second-order valence-corrected chi connectivity index (χ2v) is 12.5. The number of hydrogen-bond acceptors (Lipinski definition) is 5. The average Bonchev–Trinajstić information content (AvgIpc) is 2.96. The number of rotatable bonds is 6. The Labute approximate surface area is 293 Å². The van der Waals surface area contributed by atoms with Crippen molar-refractivity contribution in [3.63, 3.8) is 0 Å². The molecular formula is C29H46F3N6O4PSU. The Morgan fingerprint density at radius 1 is 0.844 bits per heavy atom. The molecule has 5 N–H and O–H groups in total. The largest absolute Gasteiger partial charge is 0.404 e. The molecule has 0 radical (unpaired) electrons. The maximum Gasteiger partial charge on any atom is 0.404 e. The van der Waals surface area contributed by atoms with E-state index < -0.39 is 28.0 Å². The van der Waals surface area contributed by atoms with Gasteiger partial charge in [-0.3, -0.25) is 0 Å². The zero-order valence-electron chi connectivity index (χ0n) is 25.8. The molecule has 4 rings (SSSR count). The van der Waals surface area contributed by atoms with Crippen LogP contribution >= 0.6 is 9.84 Å². The minimum Gasteiger partial charge on any atom is -0.335 e. The van der Waals surface area contributed by atoms with Crippen molar-refractivity contribution < 1.29 is 62.3 Å². The Bertz CT molecular complexity index is 1280. The van der Waals surface area contributed by atoms with Crippen molar-refractivity contribution in [1.29, 1.82) is 1.28 Å². The summed E-state index contributed by atoms with van der Waals surface area (Å²) in [5.74, 6) is -1.86. The summed E-state index contributed by atoms with van der Waals surface area (Å²) in [7, 11) is -2.70. The van der Waals surface area contributed by atoms with Gasteiger partial charge in [0.15, 0.2) is 5.75 Å². The van der Waals surface area contributed by atoms with E-state index in [1.54, 1.807) is 22.0 Å². The number of amides is 4. The van der Waals surface area contributed by atoms with Crippen LogP contribution in [0, 0.1) is 45.0 Å². The summed E-state index contributed by atoms with van der Waals surface area (Å²) in [4.78, 5) is 23.7. The van der Waals surface area contributed by atoms with Crippen LogP contribution in [-0.2, 0) is 10.0 Å². The second-order valence-electron chi connectivity index (χ2n) is 10.5. The van der Waals surface area contributed by atoms with Gasteiger partial charge in [-0.05, 0) is 76.9 Å². The molecule has 4 amide bonds. The van der Waals surface area contributed by atoms with Crippen molar-refractivity contribution in [2.45, 2.75) is 65.2 Å². The van der Waals surface area contributed by atoms with E-state index >= 15 is 0 Å². The molecule has 0 saturated carbocycles. The Hall–Kier alpha value is -1.88. The van der Waals surface area contributed by atoms with Gasteiger partial charge in [-0.25, -0.2) is 22.3 Å². The first-order chi connectivity index (χ1) is 20.8. The third-order valence-corrected chi connectivity index (χ3v) is 8.67. The van der Waals surface area contributed by atoms with Crippen LogP contribution in [0.25, 0.3) is 0 Å². The molecule has 2 aliphatic rings. The minimum atomic E-state index is -4.76. The number of sulfonamides is 1. The van der Waals surface area contributed by atoms with E-state index in [0.717, 1.165) is 41.5 Å². The molecule has 0 spiro atoms. The summed E-state index contributed by atoms with van der Waals surface area (Å²) in [5.41, 5.74) is 3.70. The van der Waals surface area contributed by atoms with E-state index in [9.17, 15) is 31.2 Å². The SMILES string of the molecule is C.Cc1ccc(NC(=O)NC2CCN(S(=O)(=O)CC(F)(F)F)CC2)cc1.Cc1ccc(NC(=O)NC2CCNCC2)cc1.[3H]P.[U]. The first-order valence-electron chi connectivity index (χ1n) is 14.4. The number of carbonyl (C=O) groups excluding carboxylic acids is 2. The summed E-state index contributed by atoms with van der Waals surface area (Å²) in [6.45, 7) is 5.82. The van der Waals surface area contributed by atoms with Gasteiger partial charge in [0, 0.05) is 67.7 Å². The Kier molecular flexibility index (Phi) is 18.6. The second kappa shape index (κ2) is 20.4. The van der Waals surface area contributed by atoms with E-state index in [4.69, 9.17) is 1.28 Å². The van der Waals surface area contributed by atoms with Crippen molar-refractivity contribution in [2.24, 2.45) is 0 Å². The van der Waals surface area contributed by atoms with E-state index in [-0.39, 0.29) is 76.5 Å². The summed E-state index contributed by atoms with van der Waals surface area (Å²) in [5, 5.41) is 14.5. The average molecular weight is 903 g/mol. The van der Waals surface area contributed by atoms with E-state index in [2.05, 4.69) is 26.6 Å². The van der Waals surface area contributed by atoms with Gasteiger partial charge in [0.25, 0.3) is 0 Å². The van der Waals surface area contributed by atoms with E-state index in [0.29, 0.717) is 11.7 Å². The predicted molar refractivity (Wildman–Crippen MR) is 175 cm³/mol. The zero-order valence-corrected chi connectivity index (χ0v) is 31.0. The van der Waals surface area contributed by atoms with Gasteiger partial charge in [-0.15, -0.1) is 0 Å². The molecule has 2 saturated heterocycles. The molecule has 2 fully saturated rings. The molecule has 2 heterocycles. The molecule has 252 valence electrons. The number of halogens is 3. The van der Waals surface area contributed by atoms with Gasteiger partial charge in [0.2, 0.25) is 10.0 Å². The number of urea groups is 2. The van der Waals surface area contributed by atoms with Gasteiger partial charge < -0.3 is 26.6 Å². The van der Waals surface area contributed by atoms with Crippen LogP contribution in [0.15, 0.2) is 48.5 Å². The normalized spacial score (nSPS) is 16.0. The van der Waals surface area contributed by atoms with Crippen LogP contribution in [0.5, 0.6) is 0 Å². The first-order valence-corrected chi connectivity index (χ1v) is 15.4. The van der Waals surface area contributed by atoms with Gasteiger partial charge in [0.05, 0.1) is 1.28 Å². The van der Waals surface area contributed by atoms with Crippen molar-refractivity contribution in [3.05, 3.63) is 59.7 Å². The van der Waals surface area contributed by atoms with Gasteiger partial charge in [-0.1, -0.05) is 42.8 Å². The van der Waals surface area contributed by atoms with E-state index in [1.165, 1.54) is 5.56 Å². The number of anilines is 2. The van der Waals surface area contributed by atoms with E-state index in [1.807, 2.05) is 50.2 Å². The van der Waals surface area contributed by atoms with Crippen LogP contribution in [0.4, 0.5) is 34.1 Å². The van der Waals surface area contributed by atoms with Crippen molar-refractivity contribution in [3.8, 4) is 0 Å². The van der Waals surface area contributed by atoms with Crippen LogP contribution in [0.3, 0.4) is 0 Å². The third kappa shape index (κ3) is 16.5. The first kappa shape index (κ1) is 41.1. The number of nitrogens with zero attached hydrogens (tertiary/aromatic N) is 1. The van der Waals surface area contributed by atoms with Crippen LogP contribution in [0.2, 0.25) is 0 Å². The molecule has 2 aliphatic heterocycles. The van der Waals surface area contributed by atoms with Crippen LogP contribution < -0.4 is 26.6 Å². The monoisotopic (exact) mass is 902 g/mol. The fourth-order valence-electron chi connectivity index (χ4n) is 4.52. The van der Waals surface area contributed by atoms with Crippen LogP contribution in [0.1, 0.15) is 44.2 Å². The van der Waals surface area contributed by atoms with Crippen LogP contribution in [-0.4, -0.2) is 76.3 Å². The quantitative estimate of drug-likeness (QED) is 0.260. The summed E-state index contributed by atoms with van der Waals surface area (Å²) in [6, 6.07) is 14.5. The maximum absolute atomic E-state index is 12.3. The van der Waals surface area contributed by atoms with Crippen molar-refractivity contribution in [1.82, 2.24) is 20.3 Å². The number of piperidine rings is 2. The molecule has 2 aromatic carbocycles. The molecule has 2 aromatic rings.